The molecule has 1 heterocycles. The monoisotopic (exact) mass is 230 g/mol. The molecule has 76 valence electrons. The molecule has 2 nitrogen and oxygen atoms in total. The van der Waals surface area contributed by atoms with Gasteiger partial charge in [-0.1, -0.05) is 23.7 Å². The number of aliphatic hydroxyl groups is 1. The van der Waals surface area contributed by atoms with Crippen LogP contribution in [0, 0.1) is 0 Å². The Hall–Kier alpha value is -0.220. The molecular weight excluding hydrogens is 220 g/mol. The predicted molar refractivity (Wildman–Crippen MR) is 57.8 cm³/mol. The minimum atomic E-state index is 0.0382. The minimum absolute atomic E-state index is 0.0382. The molecule has 1 aliphatic heterocycles. The van der Waals surface area contributed by atoms with Crippen LogP contribution in [0.25, 0.3) is 0 Å². The van der Waals surface area contributed by atoms with Crippen LogP contribution in [-0.2, 0) is 11.3 Å². The van der Waals surface area contributed by atoms with Gasteiger partial charge in [0.25, 0.3) is 0 Å². The lowest BCUT2D eigenvalue weighted by atomic mass is 10.2. The van der Waals surface area contributed by atoms with E-state index in [1.165, 1.54) is 0 Å². The Labute approximate surface area is 92.2 Å². The van der Waals surface area contributed by atoms with E-state index in [-0.39, 0.29) is 6.61 Å². The highest BCUT2D eigenvalue weighted by molar-refractivity contribution is 8.00. The fraction of sp³-hybridized carbons (Fsp3) is 0.400. The van der Waals surface area contributed by atoms with Gasteiger partial charge in [-0.3, -0.25) is 0 Å². The Morgan fingerprint density at radius 3 is 2.86 bits per heavy atom. The number of thioether (sulfide) groups is 1. The second-order valence-electron chi connectivity index (χ2n) is 3.16. The first-order valence-electron chi connectivity index (χ1n) is 4.44. The van der Waals surface area contributed by atoms with Gasteiger partial charge in [0, 0.05) is 4.90 Å². The Kier molecular flexibility index (Phi) is 3.34. The average molecular weight is 231 g/mol. The fourth-order valence-electron chi connectivity index (χ4n) is 1.26. The molecule has 1 aromatic carbocycles. The molecule has 1 N–H and O–H groups in total. The molecule has 0 saturated carbocycles. The number of rotatable bonds is 3. The van der Waals surface area contributed by atoms with Crippen LogP contribution in [-0.4, -0.2) is 23.6 Å². The first-order valence-corrected chi connectivity index (χ1v) is 5.69. The zero-order valence-electron chi connectivity index (χ0n) is 7.57. The largest absolute Gasteiger partial charge is 0.392 e. The Balaban J connectivity index is 2.19. The molecule has 1 saturated heterocycles. The van der Waals surface area contributed by atoms with E-state index in [9.17, 15) is 0 Å². The third kappa shape index (κ3) is 2.06. The summed E-state index contributed by atoms with van der Waals surface area (Å²) in [6.07, 6.45) is 0. The van der Waals surface area contributed by atoms with E-state index in [0.29, 0.717) is 10.3 Å². The van der Waals surface area contributed by atoms with Crippen molar-refractivity contribution in [1.29, 1.82) is 0 Å². The van der Waals surface area contributed by atoms with Crippen molar-refractivity contribution < 1.29 is 9.84 Å². The summed E-state index contributed by atoms with van der Waals surface area (Å²) in [6, 6.07) is 5.60. The second-order valence-corrected chi connectivity index (χ2v) is 4.88. The van der Waals surface area contributed by atoms with Gasteiger partial charge < -0.3 is 9.84 Å². The molecule has 0 bridgehead atoms. The molecule has 1 fully saturated rings. The summed E-state index contributed by atoms with van der Waals surface area (Å²) < 4.78 is 5.09. The standard InChI is InChI=1S/C10H11ClO2S/c11-9-3-1-2-7(4-12)10(9)14-8-5-13-6-8/h1-3,8,12H,4-6H2. The van der Waals surface area contributed by atoms with Crippen LogP contribution in [0.5, 0.6) is 0 Å². The van der Waals surface area contributed by atoms with Crippen LogP contribution < -0.4 is 0 Å². The van der Waals surface area contributed by atoms with E-state index in [1.54, 1.807) is 11.8 Å². The SMILES string of the molecule is OCc1cccc(Cl)c1SC1COC1. The highest BCUT2D eigenvalue weighted by Crippen LogP contribution is 2.35. The zero-order chi connectivity index (χ0) is 9.97. The summed E-state index contributed by atoms with van der Waals surface area (Å²) in [5.74, 6) is 0. The number of ether oxygens (including phenoxy) is 1. The molecule has 0 amide bonds. The van der Waals surface area contributed by atoms with Gasteiger partial charge in [-0.05, 0) is 11.6 Å². The number of hydrogen-bond donors (Lipinski definition) is 1. The van der Waals surface area contributed by atoms with E-state index in [4.69, 9.17) is 21.4 Å². The van der Waals surface area contributed by atoms with Crippen LogP contribution >= 0.6 is 23.4 Å². The van der Waals surface area contributed by atoms with Crippen molar-refractivity contribution in [2.45, 2.75) is 16.8 Å². The Bertz CT molecular complexity index is 326. The van der Waals surface area contributed by atoms with E-state index in [2.05, 4.69) is 0 Å². The molecular formula is C10H11ClO2S. The van der Waals surface area contributed by atoms with Gasteiger partial charge in [-0.15, -0.1) is 11.8 Å². The minimum Gasteiger partial charge on any atom is -0.392 e. The van der Waals surface area contributed by atoms with E-state index >= 15 is 0 Å². The van der Waals surface area contributed by atoms with Gasteiger partial charge in [0.1, 0.15) is 0 Å². The summed E-state index contributed by atoms with van der Waals surface area (Å²) in [4.78, 5) is 0.991. The molecule has 0 atom stereocenters. The maximum absolute atomic E-state index is 9.14. The third-order valence-electron chi connectivity index (χ3n) is 2.11. The van der Waals surface area contributed by atoms with E-state index < -0.39 is 0 Å². The molecule has 4 heteroatoms. The van der Waals surface area contributed by atoms with E-state index in [0.717, 1.165) is 23.7 Å². The summed E-state index contributed by atoms with van der Waals surface area (Å²) in [5.41, 5.74) is 0.898. The predicted octanol–water partition coefficient (Wildman–Crippen LogP) is 2.32. The average Bonchev–Trinajstić information content (AvgIpc) is 2.12. The molecule has 2 rings (SSSR count). The molecule has 0 radical (unpaired) electrons. The van der Waals surface area contributed by atoms with E-state index in [1.807, 2.05) is 18.2 Å². The topological polar surface area (TPSA) is 29.5 Å². The molecule has 14 heavy (non-hydrogen) atoms. The van der Waals surface area contributed by atoms with Gasteiger partial charge in [0.2, 0.25) is 0 Å². The van der Waals surface area contributed by atoms with Gasteiger partial charge in [-0.25, -0.2) is 0 Å². The Morgan fingerprint density at radius 2 is 2.29 bits per heavy atom. The summed E-state index contributed by atoms with van der Waals surface area (Å²) in [5, 5.41) is 10.3. The molecule has 0 aliphatic carbocycles. The smallest absolute Gasteiger partial charge is 0.0693 e. The quantitative estimate of drug-likeness (QED) is 0.864. The lowest BCUT2D eigenvalue weighted by molar-refractivity contribution is 0.0455. The first kappa shape index (κ1) is 10.3. The summed E-state index contributed by atoms with van der Waals surface area (Å²) >= 11 is 7.75. The highest BCUT2D eigenvalue weighted by Gasteiger charge is 2.21. The zero-order valence-corrected chi connectivity index (χ0v) is 9.14. The van der Waals surface area contributed by atoms with Crippen molar-refractivity contribution in [3.05, 3.63) is 28.8 Å². The normalized spacial score (nSPS) is 16.7. The highest BCUT2D eigenvalue weighted by atomic mass is 35.5. The van der Waals surface area contributed by atoms with Crippen LogP contribution in [0.15, 0.2) is 23.1 Å². The van der Waals surface area contributed by atoms with Crippen LogP contribution in [0.4, 0.5) is 0 Å². The lowest BCUT2D eigenvalue weighted by Crippen LogP contribution is -2.30. The van der Waals surface area contributed by atoms with Crippen molar-refractivity contribution in [3.63, 3.8) is 0 Å². The molecule has 0 unspecified atom stereocenters. The summed E-state index contributed by atoms with van der Waals surface area (Å²) in [6.45, 7) is 1.60. The van der Waals surface area contributed by atoms with Crippen molar-refractivity contribution >= 4 is 23.4 Å². The number of hydrogen-bond acceptors (Lipinski definition) is 3. The van der Waals surface area contributed by atoms with Gasteiger partial charge in [-0.2, -0.15) is 0 Å². The maximum Gasteiger partial charge on any atom is 0.0693 e. The molecule has 1 aromatic rings. The summed E-state index contributed by atoms with van der Waals surface area (Å²) in [7, 11) is 0. The Morgan fingerprint density at radius 1 is 1.50 bits per heavy atom. The molecule has 0 spiro atoms. The number of halogens is 1. The van der Waals surface area contributed by atoms with Gasteiger partial charge in [0.05, 0.1) is 30.1 Å². The third-order valence-corrected chi connectivity index (χ3v) is 3.86. The molecule has 0 aromatic heterocycles. The van der Waals surface area contributed by atoms with Crippen LogP contribution in [0.1, 0.15) is 5.56 Å². The van der Waals surface area contributed by atoms with Crippen LogP contribution in [0.2, 0.25) is 5.02 Å². The van der Waals surface area contributed by atoms with Gasteiger partial charge in [0.15, 0.2) is 0 Å². The lowest BCUT2D eigenvalue weighted by Gasteiger charge is -2.26. The second kappa shape index (κ2) is 4.53. The van der Waals surface area contributed by atoms with Gasteiger partial charge >= 0.3 is 0 Å². The van der Waals surface area contributed by atoms with Crippen LogP contribution in [0.3, 0.4) is 0 Å². The van der Waals surface area contributed by atoms with Crippen molar-refractivity contribution in [2.24, 2.45) is 0 Å². The van der Waals surface area contributed by atoms with Crippen molar-refractivity contribution in [3.8, 4) is 0 Å². The van der Waals surface area contributed by atoms with Crippen molar-refractivity contribution in [2.75, 3.05) is 13.2 Å². The fourth-order valence-corrected chi connectivity index (χ4v) is 2.71. The molecule has 1 aliphatic rings. The first-order chi connectivity index (χ1) is 6.81. The maximum atomic E-state index is 9.14. The number of benzene rings is 1. The number of aliphatic hydroxyl groups excluding tert-OH is 1. The van der Waals surface area contributed by atoms with Crippen molar-refractivity contribution in [1.82, 2.24) is 0 Å².